The van der Waals surface area contributed by atoms with Crippen LogP contribution in [0.1, 0.15) is 19.3 Å². The lowest BCUT2D eigenvalue weighted by Crippen LogP contribution is -2.46. The van der Waals surface area contributed by atoms with E-state index in [4.69, 9.17) is 9.47 Å². The molecule has 2 unspecified atom stereocenters. The third-order valence-corrected chi connectivity index (χ3v) is 2.31. The van der Waals surface area contributed by atoms with E-state index in [2.05, 4.69) is 10.9 Å². The molecule has 0 amide bonds. The molecule has 0 aromatic heterocycles. The van der Waals surface area contributed by atoms with E-state index in [0.717, 1.165) is 32.7 Å². The van der Waals surface area contributed by atoms with Crippen LogP contribution in [0.3, 0.4) is 0 Å². The first kappa shape index (κ1) is 8.44. The van der Waals surface area contributed by atoms with Gasteiger partial charge in [0.15, 0.2) is 0 Å². The summed E-state index contributed by atoms with van der Waals surface area (Å²) in [6.45, 7) is 2.59. The molecule has 2 heterocycles. The van der Waals surface area contributed by atoms with Crippen molar-refractivity contribution in [2.45, 2.75) is 31.5 Å². The molecule has 70 valence electrons. The van der Waals surface area contributed by atoms with Crippen LogP contribution in [-0.4, -0.2) is 32.1 Å². The summed E-state index contributed by atoms with van der Waals surface area (Å²) >= 11 is 0. The maximum Gasteiger partial charge on any atom is 0.120 e. The van der Waals surface area contributed by atoms with Crippen LogP contribution in [0, 0.1) is 0 Å². The van der Waals surface area contributed by atoms with Gasteiger partial charge in [-0.2, -0.15) is 0 Å². The van der Waals surface area contributed by atoms with Crippen molar-refractivity contribution in [1.82, 2.24) is 10.9 Å². The van der Waals surface area contributed by atoms with Gasteiger partial charge in [0.25, 0.3) is 0 Å². The van der Waals surface area contributed by atoms with Crippen molar-refractivity contribution >= 4 is 0 Å². The third-order valence-electron chi connectivity index (χ3n) is 2.31. The predicted molar refractivity (Wildman–Crippen MR) is 44.5 cm³/mol. The molecule has 0 radical (unpaired) electrons. The van der Waals surface area contributed by atoms with Crippen molar-refractivity contribution in [3.8, 4) is 0 Å². The summed E-state index contributed by atoms with van der Waals surface area (Å²) in [7, 11) is 0. The summed E-state index contributed by atoms with van der Waals surface area (Å²) in [5, 5.41) is 0. The van der Waals surface area contributed by atoms with Crippen molar-refractivity contribution in [3.05, 3.63) is 0 Å². The van der Waals surface area contributed by atoms with Crippen LogP contribution < -0.4 is 10.9 Å². The van der Waals surface area contributed by atoms with Gasteiger partial charge >= 0.3 is 0 Å². The fourth-order valence-corrected chi connectivity index (χ4v) is 1.55. The van der Waals surface area contributed by atoms with Gasteiger partial charge in [0.05, 0.1) is 6.61 Å². The van der Waals surface area contributed by atoms with E-state index in [-0.39, 0.29) is 6.23 Å². The highest BCUT2D eigenvalue weighted by Crippen LogP contribution is 2.08. The van der Waals surface area contributed by atoms with E-state index >= 15 is 0 Å². The van der Waals surface area contributed by atoms with Gasteiger partial charge < -0.3 is 9.47 Å². The van der Waals surface area contributed by atoms with Gasteiger partial charge in [-0.1, -0.05) is 0 Å². The van der Waals surface area contributed by atoms with E-state index in [1.54, 1.807) is 0 Å². The standard InChI is InChI=1S/C8H16N2O2/c1-2-8(12-4-1)10-9-7-3-5-11-6-7/h7-10H,1-6H2. The fourth-order valence-electron chi connectivity index (χ4n) is 1.55. The number of hydrogen-bond acceptors (Lipinski definition) is 4. The molecule has 0 bridgehead atoms. The first-order chi connectivity index (χ1) is 5.95. The van der Waals surface area contributed by atoms with Gasteiger partial charge in [-0.05, 0) is 19.3 Å². The molecular weight excluding hydrogens is 156 g/mol. The van der Waals surface area contributed by atoms with Crippen LogP contribution in [0.2, 0.25) is 0 Å². The van der Waals surface area contributed by atoms with E-state index < -0.39 is 0 Å². The normalized spacial score (nSPS) is 36.0. The minimum Gasteiger partial charge on any atom is -0.380 e. The summed E-state index contributed by atoms with van der Waals surface area (Å²) in [5.74, 6) is 0. The number of hydrazine groups is 1. The maximum atomic E-state index is 5.40. The molecule has 2 rings (SSSR count). The minimum atomic E-state index is 0.214. The van der Waals surface area contributed by atoms with Crippen LogP contribution in [0.5, 0.6) is 0 Å². The maximum absolute atomic E-state index is 5.40. The average molecular weight is 172 g/mol. The van der Waals surface area contributed by atoms with E-state index in [9.17, 15) is 0 Å². The molecule has 0 spiro atoms. The Morgan fingerprint density at radius 2 is 2.08 bits per heavy atom. The molecule has 2 atom stereocenters. The number of hydrogen-bond donors (Lipinski definition) is 2. The zero-order chi connectivity index (χ0) is 8.23. The van der Waals surface area contributed by atoms with Crippen molar-refractivity contribution < 1.29 is 9.47 Å². The van der Waals surface area contributed by atoms with Crippen molar-refractivity contribution in [3.63, 3.8) is 0 Å². The molecule has 2 aliphatic rings. The highest BCUT2D eigenvalue weighted by Gasteiger charge is 2.18. The van der Waals surface area contributed by atoms with Gasteiger partial charge in [-0.25, -0.2) is 5.43 Å². The Kier molecular flexibility index (Phi) is 2.94. The second kappa shape index (κ2) is 4.18. The highest BCUT2D eigenvalue weighted by atomic mass is 16.5. The second-order valence-electron chi connectivity index (χ2n) is 3.35. The lowest BCUT2D eigenvalue weighted by molar-refractivity contribution is 0.0657. The summed E-state index contributed by atoms with van der Waals surface area (Å²) in [6, 6.07) is 0.467. The van der Waals surface area contributed by atoms with Gasteiger partial charge in [0.2, 0.25) is 0 Å². The number of ether oxygens (including phenoxy) is 2. The average Bonchev–Trinajstić information content (AvgIpc) is 2.74. The number of rotatable bonds is 3. The molecule has 2 fully saturated rings. The van der Waals surface area contributed by atoms with Crippen molar-refractivity contribution in [1.29, 1.82) is 0 Å². The topological polar surface area (TPSA) is 42.5 Å². The van der Waals surface area contributed by atoms with Gasteiger partial charge in [0.1, 0.15) is 6.23 Å². The summed E-state index contributed by atoms with van der Waals surface area (Å²) in [6.07, 6.45) is 3.59. The van der Waals surface area contributed by atoms with E-state index in [0.29, 0.717) is 6.04 Å². The Hall–Kier alpha value is -0.160. The minimum absolute atomic E-state index is 0.214. The SMILES string of the molecule is C1COC(NNC2CCOC2)C1. The third kappa shape index (κ3) is 2.17. The summed E-state index contributed by atoms with van der Waals surface area (Å²) < 4.78 is 10.6. The van der Waals surface area contributed by atoms with Crippen LogP contribution in [-0.2, 0) is 9.47 Å². The molecule has 0 saturated carbocycles. The molecule has 2 saturated heterocycles. The van der Waals surface area contributed by atoms with Crippen molar-refractivity contribution in [2.75, 3.05) is 19.8 Å². The predicted octanol–water partition coefficient (Wildman–Crippen LogP) is 0.00600. The van der Waals surface area contributed by atoms with Crippen LogP contribution in [0.25, 0.3) is 0 Å². The van der Waals surface area contributed by atoms with Crippen LogP contribution in [0.15, 0.2) is 0 Å². The first-order valence-corrected chi connectivity index (χ1v) is 4.65. The Morgan fingerprint density at radius 3 is 2.75 bits per heavy atom. The second-order valence-corrected chi connectivity index (χ2v) is 3.35. The largest absolute Gasteiger partial charge is 0.380 e. The number of nitrogens with one attached hydrogen (secondary N) is 2. The zero-order valence-electron chi connectivity index (χ0n) is 7.21. The lowest BCUT2D eigenvalue weighted by atomic mass is 10.3. The van der Waals surface area contributed by atoms with Gasteiger partial charge in [-0.3, -0.25) is 5.43 Å². The summed E-state index contributed by atoms with van der Waals surface area (Å²) in [5.41, 5.74) is 6.39. The van der Waals surface area contributed by atoms with Gasteiger partial charge in [0, 0.05) is 19.3 Å². The fraction of sp³-hybridized carbons (Fsp3) is 1.00. The molecule has 2 aliphatic heterocycles. The van der Waals surface area contributed by atoms with Gasteiger partial charge in [-0.15, -0.1) is 0 Å². The molecule has 0 aromatic rings. The van der Waals surface area contributed by atoms with Crippen LogP contribution in [0.4, 0.5) is 0 Å². The van der Waals surface area contributed by atoms with Crippen molar-refractivity contribution in [2.24, 2.45) is 0 Å². The zero-order valence-corrected chi connectivity index (χ0v) is 7.21. The Labute approximate surface area is 72.6 Å². The van der Waals surface area contributed by atoms with Crippen LogP contribution >= 0.6 is 0 Å². The Morgan fingerprint density at radius 1 is 1.08 bits per heavy atom. The molecular formula is C8H16N2O2. The summed E-state index contributed by atoms with van der Waals surface area (Å²) in [4.78, 5) is 0. The quantitative estimate of drug-likeness (QED) is 0.588. The molecule has 0 aromatic carbocycles. The molecule has 4 nitrogen and oxygen atoms in total. The molecule has 2 N–H and O–H groups in total. The Bertz CT molecular complexity index is 115. The monoisotopic (exact) mass is 172 g/mol. The molecule has 12 heavy (non-hydrogen) atoms. The van der Waals surface area contributed by atoms with E-state index in [1.807, 2.05) is 0 Å². The Balaban J connectivity index is 1.60. The lowest BCUT2D eigenvalue weighted by Gasteiger charge is -2.16. The smallest absolute Gasteiger partial charge is 0.120 e. The van der Waals surface area contributed by atoms with E-state index in [1.165, 1.54) is 6.42 Å². The molecule has 0 aliphatic carbocycles. The molecule has 4 heteroatoms. The first-order valence-electron chi connectivity index (χ1n) is 4.65. The highest BCUT2D eigenvalue weighted by molar-refractivity contribution is 4.70.